The Balaban J connectivity index is 1.47. The highest BCUT2D eigenvalue weighted by atomic mass is 16.7. The largest absolute Gasteiger partial charge is 0.465 e. The van der Waals surface area contributed by atoms with Gasteiger partial charge in [0.2, 0.25) is 12.7 Å². The lowest BCUT2D eigenvalue weighted by Gasteiger charge is -2.13. The molecule has 0 atom stereocenters. The van der Waals surface area contributed by atoms with E-state index in [1.54, 1.807) is 24.5 Å². The molecule has 5 rings (SSSR count). The van der Waals surface area contributed by atoms with Crippen LogP contribution in [0, 0.1) is 0 Å². The maximum Gasteiger partial charge on any atom is 0.340 e. The van der Waals surface area contributed by atoms with Gasteiger partial charge >= 0.3 is 5.97 Å². The molecule has 4 aromatic rings. The van der Waals surface area contributed by atoms with Gasteiger partial charge < -0.3 is 19.5 Å². The zero-order valence-corrected chi connectivity index (χ0v) is 18.7. The van der Waals surface area contributed by atoms with E-state index in [0.717, 1.165) is 10.2 Å². The van der Waals surface area contributed by atoms with E-state index in [9.17, 15) is 14.4 Å². The molecular weight excluding hydrogens is 452 g/mol. The predicted octanol–water partition coefficient (Wildman–Crippen LogP) is 2.54. The molecule has 1 N–H and O–H groups in total. The summed E-state index contributed by atoms with van der Waals surface area (Å²) in [5, 5.41) is 8.31. The zero-order valence-electron chi connectivity index (χ0n) is 18.7. The molecule has 10 heteroatoms. The minimum absolute atomic E-state index is 0.00343. The Bertz CT molecular complexity index is 1500. The van der Waals surface area contributed by atoms with Gasteiger partial charge in [0.1, 0.15) is 6.54 Å². The SMILES string of the molecule is COC(=O)c1cc2c(cc1NC(=O)Cn1nc(Cc3cccnc3)c3ccccc3c1=O)OCO2. The molecule has 1 aliphatic heterocycles. The third-order valence-electron chi connectivity index (χ3n) is 5.52. The van der Waals surface area contributed by atoms with E-state index in [0.29, 0.717) is 34.4 Å². The summed E-state index contributed by atoms with van der Waals surface area (Å²) in [5.41, 5.74) is 1.43. The maximum absolute atomic E-state index is 13.1. The second-order valence-corrected chi connectivity index (χ2v) is 7.78. The Morgan fingerprint density at radius 1 is 1.09 bits per heavy atom. The van der Waals surface area contributed by atoms with Crippen LogP contribution in [0.2, 0.25) is 0 Å². The molecule has 1 aliphatic rings. The smallest absolute Gasteiger partial charge is 0.340 e. The molecule has 0 saturated carbocycles. The summed E-state index contributed by atoms with van der Waals surface area (Å²) < 4.78 is 16.6. The average Bonchev–Trinajstić information content (AvgIpc) is 3.34. The third-order valence-corrected chi connectivity index (χ3v) is 5.52. The molecule has 0 radical (unpaired) electrons. The standard InChI is InChI=1S/C25H20N4O6/c1-33-25(32)18-10-21-22(35-14-34-21)11-19(18)27-23(30)13-29-24(31)17-7-3-2-6-16(17)20(28-29)9-15-5-4-8-26-12-15/h2-8,10-12H,9,13-14H2,1H3,(H,27,30). The van der Waals surface area contributed by atoms with Crippen LogP contribution in [0.3, 0.4) is 0 Å². The van der Waals surface area contributed by atoms with Gasteiger partial charge in [0.05, 0.1) is 29.4 Å². The number of hydrogen-bond donors (Lipinski definition) is 1. The Hall–Kier alpha value is -4.73. The van der Waals surface area contributed by atoms with Crippen molar-refractivity contribution in [2.45, 2.75) is 13.0 Å². The molecule has 3 heterocycles. The number of benzene rings is 2. The average molecular weight is 472 g/mol. The Morgan fingerprint density at radius 2 is 1.86 bits per heavy atom. The van der Waals surface area contributed by atoms with E-state index in [2.05, 4.69) is 15.4 Å². The summed E-state index contributed by atoms with van der Waals surface area (Å²) in [7, 11) is 1.24. The molecule has 0 fully saturated rings. The number of nitrogens with one attached hydrogen (secondary N) is 1. The van der Waals surface area contributed by atoms with E-state index >= 15 is 0 Å². The molecule has 10 nitrogen and oxygen atoms in total. The molecule has 176 valence electrons. The second-order valence-electron chi connectivity index (χ2n) is 7.78. The van der Waals surface area contributed by atoms with Crippen LogP contribution in [0.1, 0.15) is 21.6 Å². The summed E-state index contributed by atoms with van der Waals surface area (Å²) in [4.78, 5) is 42.4. The van der Waals surface area contributed by atoms with Gasteiger partial charge in [0, 0.05) is 36.3 Å². The fourth-order valence-electron chi connectivity index (χ4n) is 3.89. The van der Waals surface area contributed by atoms with Crippen molar-refractivity contribution in [2.75, 3.05) is 19.2 Å². The molecule has 0 spiro atoms. The highest BCUT2D eigenvalue weighted by Gasteiger charge is 2.23. The van der Waals surface area contributed by atoms with Crippen molar-refractivity contribution in [1.82, 2.24) is 14.8 Å². The van der Waals surface area contributed by atoms with Gasteiger partial charge in [-0.2, -0.15) is 5.10 Å². The molecular formula is C25H20N4O6. The number of aromatic nitrogens is 3. The Labute approximate surface area is 199 Å². The molecule has 0 unspecified atom stereocenters. The normalized spacial score (nSPS) is 11.9. The van der Waals surface area contributed by atoms with Crippen LogP contribution in [0.25, 0.3) is 10.8 Å². The maximum atomic E-state index is 13.1. The minimum Gasteiger partial charge on any atom is -0.465 e. The first-order valence-corrected chi connectivity index (χ1v) is 10.7. The topological polar surface area (TPSA) is 122 Å². The first-order chi connectivity index (χ1) is 17.0. The number of anilines is 1. The highest BCUT2D eigenvalue weighted by molar-refractivity contribution is 6.02. The fraction of sp³-hybridized carbons (Fsp3) is 0.160. The van der Waals surface area contributed by atoms with Crippen LogP contribution < -0.4 is 20.3 Å². The van der Waals surface area contributed by atoms with Gasteiger partial charge in [-0.15, -0.1) is 0 Å². The number of amides is 1. The van der Waals surface area contributed by atoms with Crippen LogP contribution in [0.4, 0.5) is 5.69 Å². The van der Waals surface area contributed by atoms with Gasteiger partial charge in [-0.25, -0.2) is 9.48 Å². The van der Waals surface area contributed by atoms with E-state index in [-0.39, 0.29) is 24.6 Å². The quantitative estimate of drug-likeness (QED) is 0.425. The van der Waals surface area contributed by atoms with Gasteiger partial charge in [-0.05, 0) is 17.7 Å². The van der Waals surface area contributed by atoms with Crippen molar-refractivity contribution >= 4 is 28.3 Å². The van der Waals surface area contributed by atoms with Gasteiger partial charge in [0.15, 0.2) is 11.5 Å². The zero-order chi connectivity index (χ0) is 24.4. The summed E-state index contributed by atoms with van der Waals surface area (Å²) in [6.07, 6.45) is 3.84. The summed E-state index contributed by atoms with van der Waals surface area (Å²) in [5.74, 6) is -0.451. The van der Waals surface area contributed by atoms with Crippen LogP contribution in [-0.2, 0) is 22.5 Å². The number of hydrogen-bond acceptors (Lipinski definition) is 8. The molecule has 0 saturated heterocycles. The number of carbonyl (C=O) groups is 2. The lowest BCUT2D eigenvalue weighted by Crippen LogP contribution is -2.31. The van der Waals surface area contributed by atoms with E-state index in [1.165, 1.54) is 19.2 Å². The van der Waals surface area contributed by atoms with Crippen molar-refractivity contribution in [1.29, 1.82) is 0 Å². The Kier molecular flexibility index (Phi) is 5.84. The van der Waals surface area contributed by atoms with Gasteiger partial charge in [-0.3, -0.25) is 14.6 Å². The van der Waals surface area contributed by atoms with Gasteiger partial charge in [0.25, 0.3) is 5.56 Å². The molecule has 0 aliphatic carbocycles. The molecule has 2 aromatic carbocycles. The molecule has 0 bridgehead atoms. The monoisotopic (exact) mass is 472 g/mol. The lowest BCUT2D eigenvalue weighted by molar-refractivity contribution is -0.117. The second kappa shape index (κ2) is 9.26. The number of methoxy groups -OCH3 is 1. The van der Waals surface area contributed by atoms with Crippen molar-refractivity contribution in [3.8, 4) is 11.5 Å². The fourth-order valence-corrected chi connectivity index (χ4v) is 3.89. The Morgan fingerprint density at radius 3 is 2.60 bits per heavy atom. The van der Waals surface area contributed by atoms with Crippen molar-refractivity contribution < 1.29 is 23.8 Å². The molecule has 2 aromatic heterocycles. The number of pyridine rings is 1. The number of nitrogens with zero attached hydrogens (tertiary/aromatic N) is 3. The minimum atomic E-state index is -0.654. The first kappa shape index (κ1) is 22.1. The predicted molar refractivity (Wildman–Crippen MR) is 126 cm³/mol. The van der Waals surface area contributed by atoms with Crippen LogP contribution in [-0.4, -0.2) is 40.5 Å². The number of rotatable bonds is 6. The first-order valence-electron chi connectivity index (χ1n) is 10.7. The summed E-state index contributed by atoms with van der Waals surface area (Å²) >= 11 is 0. The molecule has 35 heavy (non-hydrogen) atoms. The third kappa shape index (κ3) is 4.41. The summed E-state index contributed by atoms with van der Waals surface area (Å²) in [6.45, 7) is -0.359. The number of esters is 1. The van der Waals surface area contributed by atoms with Crippen molar-refractivity contribution in [3.63, 3.8) is 0 Å². The summed E-state index contributed by atoms with van der Waals surface area (Å²) in [6, 6.07) is 13.8. The van der Waals surface area contributed by atoms with Crippen LogP contribution >= 0.6 is 0 Å². The lowest BCUT2D eigenvalue weighted by atomic mass is 10.1. The number of carbonyl (C=O) groups excluding carboxylic acids is 2. The number of fused-ring (bicyclic) bond motifs is 2. The van der Waals surface area contributed by atoms with E-state index in [4.69, 9.17) is 14.2 Å². The van der Waals surface area contributed by atoms with Crippen LogP contribution in [0.15, 0.2) is 65.7 Å². The number of ether oxygens (including phenoxy) is 3. The van der Waals surface area contributed by atoms with E-state index in [1.807, 2.05) is 24.3 Å². The van der Waals surface area contributed by atoms with E-state index < -0.39 is 17.4 Å². The van der Waals surface area contributed by atoms with Crippen molar-refractivity contribution in [3.05, 3.63) is 88.1 Å². The molecule has 1 amide bonds. The van der Waals surface area contributed by atoms with Gasteiger partial charge in [-0.1, -0.05) is 24.3 Å². The highest BCUT2D eigenvalue weighted by Crippen LogP contribution is 2.37. The van der Waals surface area contributed by atoms with Crippen LogP contribution in [0.5, 0.6) is 11.5 Å². The van der Waals surface area contributed by atoms with Crippen molar-refractivity contribution in [2.24, 2.45) is 0 Å².